The van der Waals surface area contributed by atoms with Crippen molar-refractivity contribution in [2.75, 3.05) is 20.3 Å². The Labute approximate surface area is 182 Å². The van der Waals surface area contributed by atoms with E-state index in [2.05, 4.69) is 4.98 Å². The second kappa shape index (κ2) is 8.75. The summed E-state index contributed by atoms with van der Waals surface area (Å²) in [5.41, 5.74) is -2.86. The van der Waals surface area contributed by atoms with Crippen molar-refractivity contribution in [3.05, 3.63) is 33.1 Å². The Bertz CT molecular complexity index is 996. The number of phosphoric acid groups is 1. The average molecular weight is 478 g/mol. The molecule has 1 aliphatic carbocycles. The van der Waals surface area contributed by atoms with E-state index in [0.29, 0.717) is 6.42 Å². The van der Waals surface area contributed by atoms with E-state index >= 15 is 0 Å². The van der Waals surface area contributed by atoms with Crippen molar-refractivity contribution in [1.29, 1.82) is 0 Å². The van der Waals surface area contributed by atoms with Crippen LogP contribution in [0.1, 0.15) is 26.5 Å². The third-order valence-electron chi connectivity index (χ3n) is 5.71. The molecule has 1 aromatic heterocycles. The molecule has 3 heterocycles. The number of fused-ring (bicyclic) bond motifs is 1. The van der Waals surface area contributed by atoms with Gasteiger partial charge in [0, 0.05) is 32.4 Å². The van der Waals surface area contributed by atoms with Crippen molar-refractivity contribution >= 4 is 7.82 Å². The Balaban J connectivity index is 1.62. The van der Waals surface area contributed by atoms with Crippen molar-refractivity contribution in [3.63, 3.8) is 0 Å². The lowest BCUT2D eigenvalue weighted by Crippen LogP contribution is -2.44. The van der Waals surface area contributed by atoms with Gasteiger partial charge in [-0.1, -0.05) is 0 Å². The number of aromatic amines is 1. The number of rotatable bonds is 9. The van der Waals surface area contributed by atoms with Crippen molar-refractivity contribution in [3.8, 4) is 0 Å². The van der Waals surface area contributed by atoms with Crippen LogP contribution in [0.15, 0.2) is 21.9 Å². The van der Waals surface area contributed by atoms with Crippen molar-refractivity contribution in [2.45, 2.75) is 68.7 Å². The third kappa shape index (κ3) is 4.13. The summed E-state index contributed by atoms with van der Waals surface area (Å²) in [6, 6.07) is 1.15. The van der Waals surface area contributed by atoms with Gasteiger partial charge in [-0.15, -0.1) is 0 Å². The fourth-order valence-electron chi connectivity index (χ4n) is 4.35. The SMILES string of the molecule is CO[C@H]1[C@H](n2ccc(=O)[nH]c2=O)O[C@@H]2C(OC(C)C)[C@@]21OP(=O)(O)O[C@H]1CCO[C@@H]1CO. The van der Waals surface area contributed by atoms with Crippen LogP contribution in [-0.2, 0) is 32.6 Å². The molecule has 2 aliphatic heterocycles. The zero-order valence-corrected chi connectivity index (χ0v) is 18.7. The summed E-state index contributed by atoms with van der Waals surface area (Å²) in [5.74, 6) is 0. The molecule has 14 heteroatoms. The molecule has 0 radical (unpaired) electrons. The van der Waals surface area contributed by atoms with E-state index < -0.39 is 61.4 Å². The molecule has 0 spiro atoms. The first-order chi connectivity index (χ1) is 15.1. The first kappa shape index (κ1) is 23.7. The maximum Gasteiger partial charge on any atom is 0.473 e. The van der Waals surface area contributed by atoms with Crippen LogP contribution in [0.4, 0.5) is 0 Å². The number of phosphoric ester groups is 1. The summed E-state index contributed by atoms with van der Waals surface area (Å²) in [5, 5.41) is 9.37. The van der Waals surface area contributed by atoms with Gasteiger partial charge in [0.1, 0.15) is 30.5 Å². The minimum absolute atomic E-state index is 0.262. The highest BCUT2D eigenvalue weighted by Gasteiger charge is 2.82. The fourth-order valence-corrected chi connectivity index (χ4v) is 5.68. The van der Waals surface area contributed by atoms with Gasteiger partial charge >= 0.3 is 13.5 Å². The van der Waals surface area contributed by atoms with Gasteiger partial charge in [0.25, 0.3) is 5.56 Å². The van der Waals surface area contributed by atoms with Crippen LogP contribution in [-0.4, -0.2) is 82.1 Å². The van der Waals surface area contributed by atoms with Gasteiger partial charge < -0.3 is 28.9 Å². The van der Waals surface area contributed by atoms with E-state index in [-0.39, 0.29) is 19.3 Å². The van der Waals surface area contributed by atoms with Gasteiger partial charge in [-0.25, -0.2) is 9.36 Å². The Kier molecular flexibility index (Phi) is 6.49. The second-order valence-corrected chi connectivity index (χ2v) is 9.49. The Morgan fingerprint density at radius 2 is 2.12 bits per heavy atom. The van der Waals surface area contributed by atoms with Crippen molar-refractivity contribution in [2.24, 2.45) is 0 Å². The highest BCUT2D eigenvalue weighted by Crippen LogP contribution is 2.65. The Morgan fingerprint density at radius 3 is 2.75 bits per heavy atom. The van der Waals surface area contributed by atoms with Gasteiger partial charge in [0.2, 0.25) is 0 Å². The maximum atomic E-state index is 13.0. The molecule has 0 aromatic carbocycles. The number of ether oxygens (including phenoxy) is 4. The zero-order chi connectivity index (χ0) is 23.3. The molecule has 0 amide bonds. The lowest BCUT2D eigenvalue weighted by atomic mass is 10.1. The van der Waals surface area contributed by atoms with Crippen LogP contribution in [0.3, 0.4) is 0 Å². The summed E-state index contributed by atoms with van der Waals surface area (Å²) >= 11 is 0. The lowest BCUT2D eigenvalue weighted by Gasteiger charge is -2.31. The first-order valence-electron chi connectivity index (χ1n) is 10.2. The van der Waals surface area contributed by atoms with E-state index in [1.165, 1.54) is 13.3 Å². The van der Waals surface area contributed by atoms with Crippen LogP contribution < -0.4 is 11.2 Å². The molecule has 3 aliphatic rings. The molecular weight excluding hydrogens is 451 g/mol. The second-order valence-electron chi connectivity index (χ2n) is 8.16. The number of hydrogen-bond donors (Lipinski definition) is 3. The number of aliphatic hydroxyl groups excluding tert-OH is 1. The van der Waals surface area contributed by atoms with Crippen LogP contribution in [0.25, 0.3) is 0 Å². The van der Waals surface area contributed by atoms with Crippen molar-refractivity contribution < 1.29 is 42.6 Å². The van der Waals surface area contributed by atoms with Gasteiger partial charge in [0.05, 0.1) is 12.7 Å². The molecule has 2 unspecified atom stereocenters. The molecule has 1 aromatic rings. The van der Waals surface area contributed by atoms with Crippen molar-refractivity contribution in [1.82, 2.24) is 9.55 Å². The van der Waals surface area contributed by atoms with E-state index in [4.69, 9.17) is 28.0 Å². The zero-order valence-electron chi connectivity index (χ0n) is 17.8. The van der Waals surface area contributed by atoms with Gasteiger partial charge in [0.15, 0.2) is 11.8 Å². The van der Waals surface area contributed by atoms with Crippen LogP contribution >= 0.6 is 7.82 Å². The van der Waals surface area contributed by atoms with E-state index in [1.807, 2.05) is 0 Å². The summed E-state index contributed by atoms with van der Waals surface area (Å²) < 4.78 is 47.6. The fraction of sp³-hybridized carbons (Fsp3) is 0.778. The highest BCUT2D eigenvalue weighted by molar-refractivity contribution is 7.47. The molecule has 3 N–H and O–H groups in total. The number of nitrogens with zero attached hydrogens (tertiary/aromatic N) is 1. The Hall–Kier alpha value is -1.41. The number of H-pyrrole nitrogens is 1. The first-order valence-corrected chi connectivity index (χ1v) is 11.7. The number of aliphatic hydroxyl groups is 1. The van der Waals surface area contributed by atoms with Gasteiger partial charge in [-0.3, -0.25) is 23.4 Å². The predicted molar refractivity (Wildman–Crippen MR) is 106 cm³/mol. The number of nitrogens with one attached hydrogen (secondary N) is 1. The molecular formula is C18H27N2O11P. The normalized spacial score (nSPS) is 38.1. The molecule has 32 heavy (non-hydrogen) atoms. The van der Waals surface area contributed by atoms with Crippen LogP contribution in [0, 0.1) is 0 Å². The standard InChI is InChI=1S/C18H27N2O11P/c1-9(2)28-13-14-18(13,31-32(24,25)30-10-5-7-27-11(10)8-21)15(26-3)16(29-14)20-6-4-12(22)19-17(20)23/h4,6,9-11,13-16,21H,5,7-8H2,1-3H3,(H,24,25)(H,19,22,23)/t10-,11+,13?,14+,15-,16+,18+/m0/s1. The Morgan fingerprint density at radius 1 is 1.38 bits per heavy atom. The topological polar surface area (TPSA) is 168 Å². The molecule has 1 saturated carbocycles. The molecule has 13 nitrogen and oxygen atoms in total. The van der Waals surface area contributed by atoms with Gasteiger partial charge in [-0.05, 0) is 13.8 Å². The van der Waals surface area contributed by atoms with Crippen LogP contribution in [0.5, 0.6) is 0 Å². The number of methoxy groups -OCH3 is 1. The maximum absolute atomic E-state index is 13.0. The minimum Gasteiger partial charge on any atom is -0.394 e. The number of aromatic nitrogens is 2. The van der Waals surface area contributed by atoms with E-state index in [0.717, 1.165) is 10.6 Å². The largest absolute Gasteiger partial charge is 0.473 e. The molecule has 8 atom stereocenters. The number of hydrogen-bond acceptors (Lipinski definition) is 10. The molecule has 0 bridgehead atoms. The van der Waals surface area contributed by atoms with E-state index in [1.54, 1.807) is 13.8 Å². The van der Waals surface area contributed by atoms with Gasteiger partial charge in [-0.2, -0.15) is 0 Å². The minimum atomic E-state index is -4.71. The highest BCUT2D eigenvalue weighted by atomic mass is 31.2. The molecule has 3 fully saturated rings. The lowest BCUT2D eigenvalue weighted by molar-refractivity contribution is -0.131. The average Bonchev–Trinajstić information content (AvgIpc) is 3.02. The third-order valence-corrected chi connectivity index (χ3v) is 6.80. The smallest absolute Gasteiger partial charge is 0.394 e. The summed E-state index contributed by atoms with van der Waals surface area (Å²) in [6.07, 6.45) is -4.00. The summed E-state index contributed by atoms with van der Waals surface area (Å²) in [7, 11) is -3.37. The molecule has 180 valence electrons. The summed E-state index contributed by atoms with van der Waals surface area (Å²) in [4.78, 5) is 36.4. The predicted octanol–water partition coefficient (Wildman–Crippen LogP) is -0.722. The van der Waals surface area contributed by atoms with Crippen LogP contribution in [0.2, 0.25) is 0 Å². The quantitative estimate of drug-likeness (QED) is 0.383. The molecule has 2 saturated heterocycles. The van der Waals surface area contributed by atoms with E-state index in [9.17, 15) is 24.2 Å². The monoisotopic (exact) mass is 478 g/mol. The molecule has 4 rings (SSSR count). The summed E-state index contributed by atoms with van der Waals surface area (Å²) in [6.45, 7) is 3.46.